The molecule has 1 aromatic carbocycles. The number of halogens is 1. The van der Waals surface area contributed by atoms with Crippen molar-refractivity contribution in [2.75, 3.05) is 0 Å². The van der Waals surface area contributed by atoms with Gasteiger partial charge in [0.15, 0.2) is 0 Å². The van der Waals surface area contributed by atoms with Crippen LogP contribution in [0.5, 0.6) is 0 Å². The summed E-state index contributed by atoms with van der Waals surface area (Å²) >= 11 is 5.99. The highest BCUT2D eigenvalue weighted by atomic mass is 35.5. The molecule has 1 aliphatic rings. The number of carbonyl (C=O) groups is 2. The second-order valence-electron chi connectivity index (χ2n) is 5.87. The van der Waals surface area contributed by atoms with Crippen LogP contribution in [0.3, 0.4) is 0 Å². The molecule has 0 aliphatic carbocycles. The third-order valence-electron chi connectivity index (χ3n) is 4.17. The smallest absolute Gasteiger partial charge is 0.345 e. The first-order valence-corrected chi connectivity index (χ1v) is 7.47. The van der Waals surface area contributed by atoms with Crippen molar-refractivity contribution in [3.8, 4) is 0 Å². The predicted octanol–water partition coefficient (Wildman–Crippen LogP) is 3.49. The van der Waals surface area contributed by atoms with Crippen LogP contribution in [-0.4, -0.2) is 16.5 Å². The van der Waals surface area contributed by atoms with Crippen molar-refractivity contribution in [3.05, 3.63) is 58.4 Å². The Morgan fingerprint density at radius 2 is 2.09 bits per heavy atom. The topological polar surface area (TPSA) is 48.3 Å². The molecule has 0 amide bonds. The third kappa shape index (κ3) is 2.44. The molecule has 5 heteroatoms. The molecule has 3 rings (SSSR count). The van der Waals surface area contributed by atoms with Gasteiger partial charge in [-0.3, -0.25) is 4.79 Å². The van der Waals surface area contributed by atoms with Gasteiger partial charge in [-0.25, -0.2) is 4.79 Å². The molecule has 0 fully saturated rings. The zero-order chi connectivity index (χ0) is 15.9. The first-order chi connectivity index (χ1) is 10.4. The van der Waals surface area contributed by atoms with E-state index in [1.54, 1.807) is 37.4 Å². The van der Waals surface area contributed by atoms with Crippen molar-refractivity contribution in [1.82, 2.24) is 4.57 Å². The Balaban J connectivity index is 1.82. The summed E-state index contributed by atoms with van der Waals surface area (Å²) in [7, 11) is 0. The van der Waals surface area contributed by atoms with Gasteiger partial charge in [-0.1, -0.05) is 29.3 Å². The number of esters is 2. The van der Waals surface area contributed by atoms with E-state index in [0.29, 0.717) is 23.6 Å². The molecule has 4 nitrogen and oxygen atoms in total. The maximum Gasteiger partial charge on any atom is 0.345 e. The number of aromatic nitrogens is 1. The molecule has 1 unspecified atom stereocenters. The minimum Gasteiger partial charge on any atom is -0.389 e. The lowest BCUT2D eigenvalue weighted by Crippen LogP contribution is -2.33. The van der Waals surface area contributed by atoms with Crippen LogP contribution >= 0.6 is 11.6 Å². The normalized spacial score (nSPS) is 19.8. The Morgan fingerprint density at radius 1 is 1.32 bits per heavy atom. The van der Waals surface area contributed by atoms with Crippen LogP contribution in [0.2, 0.25) is 5.02 Å². The van der Waals surface area contributed by atoms with Crippen molar-refractivity contribution in [1.29, 1.82) is 0 Å². The quantitative estimate of drug-likeness (QED) is 0.629. The average Bonchev–Trinajstić information content (AvgIpc) is 2.99. The fourth-order valence-electron chi connectivity index (χ4n) is 2.84. The van der Waals surface area contributed by atoms with Gasteiger partial charge >= 0.3 is 11.9 Å². The molecule has 114 valence electrons. The zero-order valence-corrected chi connectivity index (χ0v) is 13.2. The summed E-state index contributed by atoms with van der Waals surface area (Å²) in [4.78, 5) is 24.7. The molecular formula is C17H16ClNO3. The first-order valence-electron chi connectivity index (χ1n) is 7.09. The summed E-state index contributed by atoms with van der Waals surface area (Å²) in [6.45, 7) is 4.35. The molecule has 2 aromatic rings. The van der Waals surface area contributed by atoms with E-state index >= 15 is 0 Å². The number of benzene rings is 1. The van der Waals surface area contributed by atoms with Gasteiger partial charge in [0.2, 0.25) is 0 Å². The Hall–Kier alpha value is -2.07. The van der Waals surface area contributed by atoms with Crippen LogP contribution in [0, 0.1) is 6.92 Å². The fraction of sp³-hybridized carbons (Fsp3) is 0.294. The molecule has 1 aliphatic heterocycles. The van der Waals surface area contributed by atoms with Crippen LogP contribution in [0.4, 0.5) is 0 Å². The fourth-order valence-corrected chi connectivity index (χ4v) is 3.06. The van der Waals surface area contributed by atoms with Gasteiger partial charge < -0.3 is 9.30 Å². The monoisotopic (exact) mass is 317 g/mol. The summed E-state index contributed by atoms with van der Waals surface area (Å²) in [5.41, 5.74) is 1.27. The van der Waals surface area contributed by atoms with E-state index in [0.717, 1.165) is 11.3 Å². The summed E-state index contributed by atoms with van der Waals surface area (Å²) in [5, 5.41) is 0.582. The molecule has 0 bridgehead atoms. The molecule has 0 radical (unpaired) electrons. The highest BCUT2D eigenvalue weighted by Crippen LogP contribution is 2.38. The van der Waals surface area contributed by atoms with E-state index in [-0.39, 0.29) is 0 Å². The van der Waals surface area contributed by atoms with Crippen molar-refractivity contribution in [2.45, 2.75) is 32.2 Å². The molecule has 0 N–H and O–H groups in total. The van der Waals surface area contributed by atoms with E-state index in [4.69, 9.17) is 16.3 Å². The van der Waals surface area contributed by atoms with Crippen LogP contribution in [0.25, 0.3) is 0 Å². The van der Waals surface area contributed by atoms with Crippen LogP contribution in [0.15, 0.2) is 36.5 Å². The lowest BCUT2D eigenvalue weighted by molar-refractivity contribution is -0.144. The Kier molecular flexibility index (Phi) is 3.57. The summed E-state index contributed by atoms with van der Waals surface area (Å²) < 4.78 is 7.04. The van der Waals surface area contributed by atoms with Crippen LogP contribution < -0.4 is 0 Å². The van der Waals surface area contributed by atoms with E-state index in [1.807, 2.05) is 17.6 Å². The van der Waals surface area contributed by atoms with E-state index < -0.39 is 17.4 Å². The zero-order valence-electron chi connectivity index (χ0n) is 12.4. The highest BCUT2D eigenvalue weighted by Gasteiger charge is 2.44. The highest BCUT2D eigenvalue weighted by molar-refractivity contribution is 6.30. The second kappa shape index (κ2) is 5.29. The average molecular weight is 318 g/mol. The number of fused-ring (bicyclic) bond motifs is 1. The van der Waals surface area contributed by atoms with Gasteiger partial charge in [0.1, 0.15) is 5.41 Å². The van der Waals surface area contributed by atoms with Crippen molar-refractivity contribution < 1.29 is 14.3 Å². The number of nitrogens with zero attached hydrogens (tertiary/aromatic N) is 1. The lowest BCUT2D eigenvalue weighted by Gasteiger charge is -2.20. The minimum absolute atomic E-state index is 0.378. The molecule has 22 heavy (non-hydrogen) atoms. The largest absolute Gasteiger partial charge is 0.389 e. The maximum atomic E-state index is 12.5. The molecule has 2 heterocycles. The lowest BCUT2D eigenvalue weighted by atomic mass is 9.86. The number of rotatable bonds is 2. The molecule has 0 saturated carbocycles. The Morgan fingerprint density at radius 3 is 2.82 bits per heavy atom. The van der Waals surface area contributed by atoms with Crippen LogP contribution in [0.1, 0.15) is 35.0 Å². The minimum atomic E-state index is -0.841. The van der Waals surface area contributed by atoms with Gasteiger partial charge in [0.05, 0.1) is 10.6 Å². The van der Waals surface area contributed by atoms with Gasteiger partial charge in [0, 0.05) is 18.4 Å². The predicted molar refractivity (Wildman–Crippen MR) is 83.0 cm³/mol. The maximum absolute atomic E-state index is 12.5. The van der Waals surface area contributed by atoms with Gasteiger partial charge in [-0.15, -0.1) is 0 Å². The number of carbonyl (C=O) groups excluding carboxylic acids is 2. The number of aryl methyl sites for hydroxylation is 2. The first kappa shape index (κ1) is 14.9. The number of hydrogen-bond donors (Lipinski definition) is 0. The second-order valence-corrected chi connectivity index (χ2v) is 6.30. The molecular weight excluding hydrogens is 302 g/mol. The Labute approximate surface area is 133 Å². The van der Waals surface area contributed by atoms with E-state index in [1.165, 1.54) is 0 Å². The summed E-state index contributed by atoms with van der Waals surface area (Å²) in [5.74, 6) is -1.15. The Bertz CT molecular complexity index is 765. The van der Waals surface area contributed by atoms with Crippen molar-refractivity contribution in [3.63, 3.8) is 0 Å². The van der Waals surface area contributed by atoms with E-state index in [9.17, 15) is 9.59 Å². The van der Waals surface area contributed by atoms with Crippen molar-refractivity contribution in [2.24, 2.45) is 0 Å². The third-order valence-corrected chi connectivity index (χ3v) is 4.38. The number of hydrogen-bond acceptors (Lipinski definition) is 3. The van der Waals surface area contributed by atoms with E-state index in [2.05, 4.69) is 0 Å². The molecule has 1 atom stereocenters. The summed E-state index contributed by atoms with van der Waals surface area (Å²) in [6.07, 6.45) is 2.39. The summed E-state index contributed by atoms with van der Waals surface area (Å²) in [6, 6.07) is 8.74. The molecule has 1 aromatic heterocycles. The molecule has 0 saturated heterocycles. The van der Waals surface area contributed by atoms with Gasteiger partial charge in [-0.05, 0) is 38.5 Å². The van der Waals surface area contributed by atoms with Gasteiger partial charge in [0.25, 0.3) is 0 Å². The van der Waals surface area contributed by atoms with Crippen LogP contribution in [-0.2, 0) is 21.5 Å². The SMILES string of the molecule is Cc1cccc(C(=O)OC(=O)C2(C)CCn3cc(Cl)cc32)c1. The van der Waals surface area contributed by atoms with Gasteiger partial charge in [-0.2, -0.15) is 0 Å². The standard InChI is InChI=1S/C17H16ClNO3/c1-11-4-3-5-12(8-11)15(20)22-16(21)17(2)6-7-19-10-13(18)9-14(17)19/h3-5,8-10H,6-7H2,1-2H3. The van der Waals surface area contributed by atoms with Crippen molar-refractivity contribution >= 4 is 23.5 Å². The molecule has 0 spiro atoms. The number of ether oxygens (including phenoxy) is 1.